The Bertz CT molecular complexity index is 607. The number of benzene rings is 2. The summed E-state index contributed by atoms with van der Waals surface area (Å²) in [5, 5.41) is 0. The van der Waals surface area contributed by atoms with Crippen LogP contribution in [0.2, 0.25) is 0 Å². The summed E-state index contributed by atoms with van der Waals surface area (Å²) in [5.74, 6) is -0.209. The van der Waals surface area contributed by atoms with Crippen molar-refractivity contribution in [3.63, 3.8) is 0 Å². The molecule has 1 heterocycles. The van der Waals surface area contributed by atoms with E-state index in [1.807, 2.05) is 12.1 Å². The fraction of sp³-hybridized carbons (Fsp3) is 0.333. The minimum Gasteiger partial charge on any atom is -0.374 e. The third kappa shape index (κ3) is 3.94. The van der Waals surface area contributed by atoms with E-state index in [9.17, 15) is 4.39 Å². The predicted molar refractivity (Wildman–Crippen MR) is 89.5 cm³/mol. The zero-order chi connectivity index (χ0) is 15.4. The van der Waals surface area contributed by atoms with Crippen LogP contribution in [0, 0.1) is 5.82 Å². The van der Waals surface area contributed by atoms with Gasteiger partial charge >= 0.3 is 0 Å². The predicted octanol–water partition coefficient (Wildman–Crippen LogP) is 4.16. The summed E-state index contributed by atoms with van der Waals surface area (Å²) in [4.78, 5) is 2.39. The summed E-state index contributed by atoms with van der Waals surface area (Å²) in [5.41, 5.74) is 2.23. The van der Waals surface area contributed by atoms with Crippen LogP contribution in [0.4, 0.5) is 4.39 Å². The maximum Gasteiger partial charge on any atom is 0.123 e. The lowest BCUT2D eigenvalue weighted by Gasteiger charge is -2.35. The van der Waals surface area contributed by atoms with Gasteiger partial charge in [-0.05, 0) is 23.3 Å². The zero-order valence-electron chi connectivity index (χ0n) is 12.3. The summed E-state index contributed by atoms with van der Waals surface area (Å²) in [6, 6.07) is 17.1. The molecule has 0 aliphatic carbocycles. The molecule has 1 saturated heterocycles. The second kappa shape index (κ2) is 7.36. The van der Waals surface area contributed by atoms with Crippen molar-refractivity contribution in [2.24, 2.45) is 0 Å². The molecule has 0 saturated carbocycles. The first-order valence-electron chi connectivity index (χ1n) is 7.50. The maximum atomic E-state index is 13.4. The zero-order valence-corrected chi connectivity index (χ0v) is 13.9. The number of ether oxygens (including phenoxy) is 1. The van der Waals surface area contributed by atoms with Gasteiger partial charge in [-0.3, -0.25) is 4.90 Å². The van der Waals surface area contributed by atoms with Gasteiger partial charge in [-0.25, -0.2) is 4.39 Å². The number of nitrogens with zero attached hydrogens (tertiary/aromatic N) is 1. The highest BCUT2D eigenvalue weighted by Crippen LogP contribution is 2.31. The third-order valence-electron chi connectivity index (χ3n) is 3.92. The van der Waals surface area contributed by atoms with Crippen LogP contribution in [0.3, 0.4) is 0 Å². The Morgan fingerprint density at radius 3 is 2.77 bits per heavy atom. The van der Waals surface area contributed by atoms with Crippen LogP contribution in [-0.2, 0) is 11.3 Å². The van der Waals surface area contributed by atoms with Gasteiger partial charge in [0, 0.05) is 19.6 Å². The molecule has 3 rings (SSSR count). The highest BCUT2D eigenvalue weighted by Gasteiger charge is 2.27. The maximum absolute atomic E-state index is 13.4. The molecule has 22 heavy (non-hydrogen) atoms. The number of morpholine rings is 1. The van der Waals surface area contributed by atoms with E-state index in [1.165, 1.54) is 11.6 Å². The highest BCUT2D eigenvalue weighted by molar-refractivity contribution is 9.09. The summed E-state index contributed by atoms with van der Waals surface area (Å²) in [6.07, 6.45) is 0.0271. The van der Waals surface area contributed by atoms with Gasteiger partial charge in [-0.2, -0.15) is 0 Å². The Hall–Kier alpha value is -1.23. The van der Waals surface area contributed by atoms with Crippen molar-refractivity contribution in [1.29, 1.82) is 0 Å². The Morgan fingerprint density at radius 1 is 1.18 bits per heavy atom. The van der Waals surface area contributed by atoms with Crippen LogP contribution >= 0.6 is 15.9 Å². The van der Waals surface area contributed by atoms with Gasteiger partial charge in [0.25, 0.3) is 0 Å². The van der Waals surface area contributed by atoms with E-state index >= 15 is 0 Å². The number of halogens is 2. The van der Waals surface area contributed by atoms with Gasteiger partial charge < -0.3 is 4.74 Å². The largest absolute Gasteiger partial charge is 0.374 e. The molecule has 2 aromatic carbocycles. The van der Waals surface area contributed by atoms with E-state index in [0.29, 0.717) is 6.61 Å². The number of hydrogen-bond donors (Lipinski definition) is 0. The van der Waals surface area contributed by atoms with Crippen molar-refractivity contribution in [1.82, 2.24) is 4.90 Å². The second-order valence-electron chi connectivity index (χ2n) is 5.59. The van der Waals surface area contributed by atoms with Crippen LogP contribution in [0.15, 0.2) is 54.6 Å². The van der Waals surface area contributed by atoms with E-state index in [-0.39, 0.29) is 16.7 Å². The molecule has 2 aromatic rings. The first-order valence-corrected chi connectivity index (χ1v) is 8.41. The minimum atomic E-state index is -0.209. The Kier molecular flexibility index (Phi) is 5.24. The van der Waals surface area contributed by atoms with Gasteiger partial charge in [-0.15, -0.1) is 0 Å². The quantitative estimate of drug-likeness (QED) is 0.756. The Balaban J connectivity index is 1.65. The fourth-order valence-electron chi connectivity index (χ4n) is 2.79. The molecule has 1 aliphatic rings. The van der Waals surface area contributed by atoms with Crippen LogP contribution < -0.4 is 0 Å². The lowest BCUT2D eigenvalue weighted by Crippen LogP contribution is -2.43. The fourth-order valence-corrected chi connectivity index (χ4v) is 3.39. The monoisotopic (exact) mass is 363 g/mol. The van der Waals surface area contributed by atoms with Crippen molar-refractivity contribution in [3.05, 3.63) is 71.5 Å². The molecule has 1 fully saturated rings. The Morgan fingerprint density at radius 2 is 2.00 bits per heavy atom. The van der Waals surface area contributed by atoms with Crippen molar-refractivity contribution < 1.29 is 9.13 Å². The molecule has 0 radical (unpaired) electrons. The SMILES string of the molecule is Fc1cccc(C(Br)[C@@H]2CN(Cc3ccccc3)CCO2)c1. The van der Waals surface area contributed by atoms with Crippen molar-refractivity contribution in [3.8, 4) is 0 Å². The Labute approximate surface area is 139 Å². The van der Waals surface area contributed by atoms with E-state index in [1.54, 1.807) is 12.1 Å². The summed E-state index contributed by atoms with van der Waals surface area (Å²) in [6.45, 7) is 3.38. The molecular weight excluding hydrogens is 345 g/mol. The molecule has 2 nitrogen and oxygen atoms in total. The normalized spacial score (nSPS) is 20.7. The third-order valence-corrected chi connectivity index (χ3v) is 5.04. The van der Waals surface area contributed by atoms with Crippen LogP contribution in [0.5, 0.6) is 0 Å². The van der Waals surface area contributed by atoms with Crippen LogP contribution in [0.1, 0.15) is 16.0 Å². The summed E-state index contributed by atoms with van der Waals surface area (Å²) >= 11 is 3.68. The van der Waals surface area contributed by atoms with Crippen LogP contribution in [-0.4, -0.2) is 30.7 Å². The lowest BCUT2D eigenvalue weighted by atomic mass is 10.1. The highest BCUT2D eigenvalue weighted by atomic mass is 79.9. The molecule has 0 aromatic heterocycles. The number of rotatable bonds is 4. The molecule has 0 N–H and O–H groups in total. The molecule has 1 unspecified atom stereocenters. The van der Waals surface area contributed by atoms with E-state index < -0.39 is 0 Å². The molecule has 0 amide bonds. The van der Waals surface area contributed by atoms with E-state index in [2.05, 4.69) is 45.1 Å². The van der Waals surface area contributed by atoms with Crippen molar-refractivity contribution in [2.45, 2.75) is 17.5 Å². The number of hydrogen-bond acceptors (Lipinski definition) is 2. The molecule has 1 aliphatic heterocycles. The van der Waals surface area contributed by atoms with Gasteiger partial charge in [0.1, 0.15) is 5.82 Å². The lowest BCUT2D eigenvalue weighted by molar-refractivity contribution is -0.0310. The minimum absolute atomic E-state index is 0.00164. The average Bonchev–Trinajstić information content (AvgIpc) is 2.55. The molecule has 2 atom stereocenters. The summed E-state index contributed by atoms with van der Waals surface area (Å²) < 4.78 is 19.3. The van der Waals surface area contributed by atoms with E-state index in [4.69, 9.17) is 4.74 Å². The average molecular weight is 364 g/mol. The molecular formula is C18H19BrFNO. The molecule has 0 spiro atoms. The first kappa shape index (κ1) is 15.7. The first-order chi connectivity index (χ1) is 10.7. The number of alkyl halides is 1. The van der Waals surface area contributed by atoms with Gasteiger partial charge in [-0.1, -0.05) is 58.4 Å². The van der Waals surface area contributed by atoms with Crippen molar-refractivity contribution >= 4 is 15.9 Å². The molecule has 0 bridgehead atoms. The van der Waals surface area contributed by atoms with Gasteiger partial charge in [0.15, 0.2) is 0 Å². The van der Waals surface area contributed by atoms with Crippen molar-refractivity contribution in [2.75, 3.05) is 19.7 Å². The standard InChI is InChI=1S/C18H19BrFNO/c19-18(15-7-4-8-16(20)11-15)17-13-21(9-10-22-17)12-14-5-2-1-3-6-14/h1-8,11,17-18H,9-10,12-13H2/t17-,18?/m0/s1. The summed E-state index contributed by atoms with van der Waals surface area (Å²) in [7, 11) is 0. The van der Waals surface area contributed by atoms with Crippen LogP contribution in [0.25, 0.3) is 0 Å². The topological polar surface area (TPSA) is 12.5 Å². The second-order valence-corrected chi connectivity index (χ2v) is 6.57. The smallest absolute Gasteiger partial charge is 0.123 e. The van der Waals surface area contributed by atoms with Gasteiger partial charge in [0.05, 0.1) is 17.5 Å². The van der Waals surface area contributed by atoms with Gasteiger partial charge in [0.2, 0.25) is 0 Å². The molecule has 116 valence electrons. The van der Waals surface area contributed by atoms with E-state index in [0.717, 1.165) is 25.2 Å². The molecule has 4 heteroatoms.